The summed E-state index contributed by atoms with van der Waals surface area (Å²) in [7, 11) is 0. The Morgan fingerprint density at radius 3 is 2.77 bits per heavy atom. The van der Waals surface area contributed by atoms with Gasteiger partial charge in [-0.1, -0.05) is 26.5 Å². The third-order valence-electron chi connectivity index (χ3n) is 4.01. The molecule has 1 atom stereocenters. The number of halogens is 1. The van der Waals surface area contributed by atoms with E-state index in [9.17, 15) is 14.0 Å². The Bertz CT molecular complexity index is 832. The van der Waals surface area contributed by atoms with Gasteiger partial charge in [-0.3, -0.25) is 9.36 Å². The second kappa shape index (κ2) is 5.12. The molecule has 2 heterocycles. The maximum Gasteiger partial charge on any atom is 0.420 e. The van der Waals surface area contributed by atoms with E-state index in [2.05, 4.69) is 11.9 Å². The highest BCUT2D eigenvalue weighted by Gasteiger charge is 2.30. The SMILES string of the molecule is C=C1CCC(n2c(=O)oc3c(F)c(C(C)C)ccc32)C(=O)N1. The van der Waals surface area contributed by atoms with Crippen LogP contribution in [0.15, 0.2) is 33.6 Å². The first kappa shape index (κ1) is 14.6. The van der Waals surface area contributed by atoms with E-state index in [4.69, 9.17) is 4.42 Å². The van der Waals surface area contributed by atoms with Crippen LogP contribution in [0.2, 0.25) is 0 Å². The number of carbonyl (C=O) groups excluding carboxylic acids is 1. The second-order valence-corrected chi connectivity index (χ2v) is 5.86. The van der Waals surface area contributed by atoms with Crippen LogP contribution in [0.25, 0.3) is 11.1 Å². The highest BCUT2D eigenvalue weighted by atomic mass is 19.1. The zero-order chi connectivity index (χ0) is 16.0. The van der Waals surface area contributed by atoms with Gasteiger partial charge in [-0.2, -0.15) is 0 Å². The maximum atomic E-state index is 14.5. The zero-order valence-electron chi connectivity index (χ0n) is 12.5. The van der Waals surface area contributed by atoms with Crippen molar-refractivity contribution in [1.82, 2.24) is 9.88 Å². The van der Waals surface area contributed by atoms with Crippen molar-refractivity contribution in [3.63, 3.8) is 0 Å². The first-order chi connectivity index (χ1) is 10.4. The summed E-state index contributed by atoms with van der Waals surface area (Å²) >= 11 is 0. The third-order valence-corrected chi connectivity index (χ3v) is 4.01. The van der Waals surface area contributed by atoms with E-state index in [-0.39, 0.29) is 17.4 Å². The molecule has 1 N–H and O–H groups in total. The van der Waals surface area contributed by atoms with E-state index in [1.54, 1.807) is 12.1 Å². The number of piperidine rings is 1. The number of hydrogen-bond donors (Lipinski definition) is 1. The minimum Gasteiger partial charge on any atom is -0.405 e. The van der Waals surface area contributed by atoms with E-state index in [1.165, 1.54) is 4.57 Å². The Hall–Kier alpha value is -2.37. The number of rotatable bonds is 2. The molecule has 22 heavy (non-hydrogen) atoms. The predicted octanol–water partition coefficient (Wildman–Crippen LogP) is 2.82. The Labute approximate surface area is 126 Å². The quantitative estimate of drug-likeness (QED) is 0.928. The highest BCUT2D eigenvalue weighted by molar-refractivity contribution is 5.85. The van der Waals surface area contributed by atoms with Gasteiger partial charge >= 0.3 is 5.76 Å². The largest absolute Gasteiger partial charge is 0.420 e. The molecule has 0 spiro atoms. The molecule has 3 rings (SSSR count). The van der Waals surface area contributed by atoms with Crippen LogP contribution in [-0.2, 0) is 4.79 Å². The topological polar surface area (TPSA) is 64.2 Å². The molecule has 5 nitrogen and oxygen atoms in total. The molecule has 1 aromatic heterocycles. The van der Waals surface area contributed by atoms with Crippen LogP contribution < -0.4 is 11.1 Å². The van der Waals surface area contributed by atoms with E-state index in [1.807, 2.05) is 13.8 Å². The smallest absolute Gasteiger partial charge is 0.405 e. The predicted molar refractivity (Wildman–Crippen MR) is 80.1 cm³/mol. The number of allylic oxidation sites excluding steroid dienone is 1. The van der Waals surface area contributed by atoms with E-state index < -0.39 is 17.6 Å². The molecule has 1 amide bonds. The number of fused-ring (bicyclic) bond motifs is 1. The molecule has 0 saturated carbocycles. The van der Waals surface area contributed by atoms with Gasteiger partial charge in [0.1, 0.15) is 6.04 Å². The summed E-state index contributed by atoms with van der Waals surface area (Å²) in [6.45, 7) is 7.43. The lowest BCUT2D eigenvalue weighted by Gasteiger charge is -2.23. The Morgan fingerprint density at radius 2 is 2.14 bits per heavy atom. The first-order valence-electron chi connectivity index (χ1n) is 7.22. The van der Waals surface area contributed by atoms with Crippen LogP contribution in [0.4, 0.5) is 4.39 Å². The van der Waals surface area contributed by atoms with Gasteiger partial charge in [0.15, 0.2) is 11.4 Å². The molecular formula is C16H17FN2O3. The fourth-order valence-electron chi connectivity index (χ4n) is 2.83. The van der Waals surface area contributed by atoms with Gasteiger partial charge in [-0.05, 0) is 30.4 Å². The molecule has 2 aromatic rings. The first-order valence-corrected chi connectivity index (χ1v) is 7.22. The van der Waals surface area contributed by atoms with Crippen molar-refractivity contribution in [2.75, 3.05) is 0 Å². The summed E-state index contributed by atoms with van der Waals surface area (Å²) in [5, 5.41) is 2.63. The van der Waals surface area contributed by atoms with Crippen molar-refractivity contribution in [3.8, 4) is 0 Å². The number of benzene rings is 1. The molecule has 1 fully saturated rings. The standard InChI is InChI=1S/C16H17FN2O3/c1-8(2)10-5-7-11-14(13(10)17)22-16(21)19(11)12-6-4-9(3)18-15(12)20/h5,7-8,12H,3-4,6H2,1-2H3,(H,18,20). The van der Waals surface area contributed by atoms with Crippen LogP contribution in [0.1, 0.15) is 44.2 Å². The molecule has 116 valence electrons. The molecule has 1 aliphatic rings. The molecule has 1 aliphatic heterocycles. The minimum atomic E-state index is -0.720. The summed E-state index contributed by atoms with van der Waals surface area (Å²) in [6.07, 6.45) is 1.01. The molecule has 0 bridgehead atoms. The van der Waals surface area contributed by atoms with Gasteiger partial charge in [-0.25, -0.2) is 9.18 Å². The minimum absolute atomic E-state index is 0.0284. The van der Waals surface area contributed by atoms with Gasteiger partial charge in [0, 0.05) is 5.70 Å². The monoisotopic (exact) mass is 304 g/mol. The second-order valence-electron chi connectivity index (χ2n) is 5.86. The highest BCUT2D eigenvalue weighted by Crippen LogP contribution is 2.29. The van der Waals surface area contributed by atoms with Crippen LogP contribution in [0.5, 0.6) is 0 Å². The van der Waals surface area contributed by atoms with Crippen molar-refractivity contribution in [2.24, 2.45) is 0 Å². The summed E-state index contributed by atoms with van der Waals surface area (Å²) < 4.78 is 20.8. The number of hydrogen-bond acceptors (Lipinski definition) is 3. The lowest BCUT2D eigenvalue weighted by Crippen LogP contribution is -2.39. The fraction of sp³-hybridized carbons (Fsp3) is 0.375. The summed E-state index contributed by atoms with van der Waals surface area (Å²) in [4.78, 5) is 24.2. The zero-order valence-corrected chi connectivity index (χ0v) is 12.5. The number of nitrogens with one attached hydrogen (secondary N) is 1. The van der Waals surface area contributed by atoms with Gasteiger partial charge in [-0.15, -0.1) is 0 Å². The molecule has 1 unspecified atom stereocenters. The molecule has 6 heteroatoms. The molecule has 1 saturated heterocycles. The number of oxazole rings is 1. The number of carbonyl (C=O) groups is 1. The van der Waals surface area contributed by atoms with Crippen molar-refractivity contribution >= 4 is 17.0 Å². The van der Waals surface area contributed by atoms with Gasteiger partial charge in [0.25, 0.3) is 0 Å². The van der Waals surface area contributed by atoms with Crippen molar-refractivity contribution < 1.29 is 13.6 Å². The van der Waals surface area contributed by atoms with E-state index in [0.717, 1.165) is 0 Å². The summed E-state index contributed by atoms with van der Waals surface area (Å²) in [6, 6.07) is 2.56. The van der Waals surface area contributed by atoms with Gasteiger partial charge in [0.2, 0.25) is 5.91 Å². The molecule has 0 radical (unpaired) electrons. The van der Waals surface area contributed by atoms with Crippen LogP contribution in [0, 0.1) is 5.82 Å². The lowest BCUT2D eigenvalue weighted by molar-refractivity contribution is -0.124. The number of aromatic nitrogens is 1. The summed E-state index contributed by atoms with van der Waals surface area (Å²) in [5.41, 5.74) is 1.32. The average molecular weight is 304 g/mol. The lowest BCUT2D eigenvalue weighted by atomic mass is 10.0. The number of amides is 1. The van der Waals surface area contributed by atoms with Crippen LogP contribution in [-0.4, -0.2) is 10.5 Å². The maximum absolute atomic E-state index is 14.5. The van der Waals surface area contributed by atoms with Crippen molar-refractivity contribution in [2.45, 2.75) is 38.6 Å². The number of nitrogens with zero attached hydrogens (tertiary/aromatic N) is 1. The van der Waals surface area contributed by atoms with E-state index >= 15 is 0 Å². The Morgan fingerprint density at radius 1 is 1.41 bits per heavy atom. The van der Waals surface area contributed by atoms with Crippen molar-refractivity contribution in [3.05, 3.63) is 46.3 Å². The van der Waals surface area contributed by atoms with Gasteiger partial charge < -0.3 is 9.73 Å². The fourth-order valence-corrected chi connectivity index (χ4v) is 2.83. The molecule has 0 aliphatic carbocycles. The Kier molecular flexibility index (Phi) is 3.39. The van der Waals surface area contributed by atoms with E-state index in [0.29, 0.717) is 29.6 Å². The average Bonchev–Trinajstić information content (AvgIpc) is 2.76. The normalized spacial score (nSPS) is 19.0. The third kappa shape index (κ3) is 2.15. The summed E-state index contributed by atoms with van der Waals surface area (Å²) in [5.74, 6) is -1.61. The Balaban J connectivity index is 2.17. The van der Waals surface area contributed by atoms with Crippen molar-refractivity contribution in [1.29, 1.82) is 0 Å². The molecular weight excluding hydrogens is 287 g/mol. The van der Waals surface area contributed by atoms with Gasteiger partial charge in [0.05, 0.1) is 5.52 Å². The van der Waals surface area contributed by atoms with Crippen LogP contribution in [0.3, 0.4) is 0 Å². The molecule has 1 aromatic carbocycles. The van der Waals surface area contributed by atoms with Crippen LogP contribution >= 0.6 is 0 Å².